The minimum absolute atomic E-state index is 0.0167. The molecule has 0 radical (unpaired) electrons. The largest absolute Gasteiger partial charge is 0.313 e. The average Bonchev–Trinajstić information content (AvgIpc) is 2.22. The SMILES string of the molecule is CCN(C1CNC1)S(=O)(=O)c1ccc(F)cc1Br. The third kappa shape index (κ3) is 2.45. The van der Waals surface area contributed by atoms with Crippen molar-refractivity contribution < 1.29 is 12.8 Å². The first-order valence-electron chi connectivity index (χ1n) is 5.64. The molecule has 0 unspecified atom stereocenters. The van der Waals surface area contributed by atoms with E-state index in [4.69, 9.17) is 0 Å². The normalized spacial score (nSPS) is 16.9. The Labute approximate surface area is 114 Å². The van der Waals surface area contributed by atoms with Crippen LogP contribution in [0, 0.1) is 5.82 Å². The molecule has 0 bridgehead atoms. The molecule has 1 aliphatic heterocycles. The van der Waals surface area contributed by atoms with Crippen molar-refractivity contribution in [1.29, 1.82) is 0 Å². The molecule has 100 valence electrons. The first kappa shape index (κ1) is 13.9. The molecule has 4 nitrogen and oxygen atoms in total. The zero-order valence-electron chi connectivity index (χ0n) is 9.86. The Kier molecular flexibility index (Phi) is 4.05. The lowest BCUT2D eigenvalue weighted by molar-refractivity contribution is 0.249. The Bertz CT molecular complexity index is 546. The van der Waals surface area contributed by atoms with Crippen LogP contribution in [-0.2, 0) is 10.0 Å². The van der Waals surface area contributed by atoms with Crippen molar-refractivity contribution in [3.8, 4) is 0 Å². The summed E-state index contributed by atoms with van der Waals surface area (Å²) in [5.41, 5.74) is 0. The predicted molar refractivity (Wildman–Crippen MR) is 70.3 cm³/mol. The second kappa shape index (κ2) is 5.24. The molecule has 1 saturated heterocycles. The molecule has 0 atom stereocenters. The van der Waals surface area contributed by atoms with Gasteiger partial charge in [-0.25, -0.2) is 12.8 Å². The highest BCUT2D eigenvalue weighted by Crippen LogP contribution is 2.27. The molecule has 0 aliphatic carbocycles. The van der Waals surface area contributed by atoms with Gasteiger partial charge in [0.2, 0.25) is 10.0 Å². The Morgan fingerprint density at radius 3 is 2.61 bits per heavy atom. The van der Waals surface area contributed by atoms with Gasteiger partial charge in [-0.1, -0.05) is 6.92 Å². The van der Waals surface area contributed by atoms with Crippen molar-refractivity contribution in [3.05, 3.63) is 28.5 Å². The van der Waals surface area contributed by atoms with Crippen molar-refractivity contribution in [2.45, 2.75) is 17.9 Å². The molecule has 1 N–H and O–H groups in total. The average molecular weight is 337 g/mol. The van der Waals surface area contributed by atoms with Crippen LogP contribution in [0.1, 0.15) is 6.92 Å². The molecule has 2 rings (SSSR count). The summed E-state index contributed by atoms with van der Waals surface area (Å²) in [6.45, 7) is 3.52. The smallest absolute Gasteiger partial charge is 0.244 e. The van der Waals surface area contributed by atoms with E-state index in [9.17, 15) is 12.8 Å². The first-order valence-corrected chi connectivity index (χ1v) is 7.87. The van der Waals surface area contributed by atoms with Crippen molar-refractivity contribution in [2.75, 3.05) is 19.6 Å². The molecule has 18 heavy (non-hydrogen) atoms. The highest BCUT2D eigenvalue weighted by Gasteiger charge is 2.34. The number of rotatable bonds is 4. The maximum absolute atomic E-state index is 13.0. The summed E-state index contributed by atoms with van der Waals surface area (Å²) < 4.78 is 39.7. The van der Waals surface area contributed by atoms with E-state index in [-0.39, 0.29) is 15.4 Å². The summed E-state index contributed by atoms with van der Waals surface area (Å²) in [6.07, 6.45) is 0. The highest BCUT2D eigenvalue weighted by molar-refractivity contribution is 9.10. The topological polar surface area (TPSA) is 49.4 Å². The van der Waals surface area contributed by atoms with E-state index >= 15 is 0 Å². The monoisotopic (exact) mass is 336 g/mol. The van der Waals surface area contributed by atoms with E-state index in [2.05, 4.69) is 21.2 Å². The number of benzene rings is 1. The zero-order chi connectivity index (χ0) is 13.3. The molecule has 1 aromatic carbocycles. The summed E-state index contributed by atoms with van der Waals surface area (Å²) in [6, 6.07) is 3.60. The molecule has 0 amide bonds. The first-order chi connectivity index (χ1) is 8.46. The fraction of sp³-hybridized carbons (Fsp3) is 0.455. The molecule has 1 aliphatic rings. The highest BCUT2D eigenvalue weighted by atomic mass is 79.9. The van der Waals surface area contributed by atoms with Crippen LogP contribution in [-0.4, -0.2) is 38.4 Å². The Hall–Kier alpha value is -0.500. The number of likely N-dealkylation sites (N-methyl/N-ethyl adjacent to an activating group) is 1. The van der Waals surface area contributed by atoms with Gasteiger partial charge in [0.1, 0.15) is 5.82 Å². The summed E-state index contributed by atoms with van der Waals surface area (Å²) in [7, 11) is -3.58. The fourth-order valence-electron chi connectivity index (χ4n) is 1.91. The van der Waals surface area contributed by atoms with Crippen molar-refractivity contribution in [1.82, 2.24) is 9.62 Å². The maximum atomic E-state index is 13.0. The Morgan fingerprint density at radius 1 is 1.50 bits per heavy atom. The van der Waals surface area contributed by atoms with Crippen LogP contribution in [0.25, 0.3) is 0 Å². The van der Waals surface area contributed by atoms with Gasteiger partial charge in [-0.15, -0.1) is 0 Å². The summed E-state index contributed by atoms with van der Waals surface area (Å²) in [5, 5.41) is 3.05. The molecule has 1 fully saturated rings. The van der Waals surface area contributed by atoms with Gasteiger partial charge in [0, 0.05) is 30.1 Å². The number of halogens is 2. The minimum Gasteiger partial charge on any atom is -0.313 e. The number of nitrogens with zero attached hydrogens (tertiary/aromatic N) is 1. The van der Waals surface area contributed by atoms with Crippen LogP contribution < -0.4 is 5.32 Å². The van der Waals surface area contributed by atoms with Crippen LogP contribution in [0.4, 0.5) is 4.39 Å². The minimum atomic E-state index is -3.58. The van der Waals surface area contributed by atoms with Crippen LogP contribution in [0.5, 0.6) is 0 Å². The number of hydrogen-bond acceptors (Lipinski definition) is 3. The molecule has 0 aromatic heterocycles. The van der Waals surface area contributed by atoms with E-state index in [1.165, 1.54) is 16.4 Å². The van der Waals surface area contributed by atoms with Gasteiger partial charge in [-0.2, -0.15) is 4.31 Å². The summed E-state index contributed by atoms with van der Waals surface area (Å²) >= 11 is 3.11. The molecular weight excluding hydrogens is 323 g/mol. The van der Waals surface area contributed by atoms with Crippen LogP contribution in [0.3, 0.4) is 0 Å². The second-order valence-corrected chi connectivity index (χ2v) is 6.81. The number of nitrogens with one attached hydrogen (secondary N) is 1. The quantitative estimate of drug-likeness (QED) is 0.907. The number of sulfonamides is 1. The van der Waals surface area contributed by atoms with Gasteiger partial charge in [-0.05, 0) is 34.1 Å². The third-order valence-electron chi connectivity index (χ3n) is 2.96. The zero-order valence-corrected chi connectivity index (χ0v) is 12.3. The van der Waals surface area contributed by atoms with Gasteiger partial charge in [0.25, 0.3) is 0 Å². The van der Waals surface area contributed by atoms with Crippen LogP contribution >= 0.6 is 15.9 Å². The van der Waals surface area contributed by atoms with Crippen molar-refractivity contribution in [2.24, 2.45) is 0 Å². The van der Waals surface area contributed by atoms with E-state index in [1.807, 2.05) is 0 Å². The maximum Gasteiger partial charge on any atom is 0.244 e. The van der Waals surface area contributed by atoms with E-state index in [1.54, 1.807) is 6.92 Å². The lowest BCUT2D eigenvalue weighted by Crippen LogP contribution is -2.58. The third-order valence-corrected chi connectivity index (χ3v) is 5.96. The van der Waals surface area contributed by atoms with Gasteiger partial charge in [0.05, 0.1) is 4.90 Å². The molecule has 0 spiro atoms. The molecule has 1 aromatic rings. The van der Waals surface area contributed by atoms with E-state index in [0.29, 0.717) is 19.6 Å². The second-order valence-electron chi connectivity index (χ2n) is 4.10. The fourth-order valence-corrected chi connectivity index (χ4v) is 4.56. The van der Waals surface area contributed by atoms with Crippen LogP contribution in [0.2, 0.25) is 0 Å². The van der Waals surface area contributed by atoms with Gasteiger partial charge < -0.3 is 5.32 Å². The molecular formula is C11H14BrFN2O2S. The number of hydrogen-bond donors (Lipinski definition) is 1. The molecule has 0 saturated carbocycles. The van der Waals surface area contributed by atoms with Crippen LogP contribution in [0.15, 0.2) is 27.6 Å². The van der Waals surface area contributed by atoms with Gasteiger partial charge >= 0.3 is 0 Å². The lowest BCUT2D eigenvalue weighted by Gasteiger charge is -2.36. The lowest BCUT2D eigenvalue weighted by atomic mass is 10.2. The van der Waals surface area contributed by atoms with Gasteiger partial charge in [0.15, 0.2) is 0 Å². The summed E-state index contributed by atoms with van der Waals surface area (Å²) in [4.78, 5) is 0.109. The van der Waals surface area contributed by atoms with Crippen molar-refractivity contribution >= 4 is 26.0 Å². The Balaban J connectivity index is 2.39. The predicted octanol–water partition coefficient (Wildman–Crippen LogP) is 1.57. The molecule has 1 heterocycles. The summed E-state index contributed by atoms with van der Waals surface area (Å²) in [5.74, 6) is -0.464. The molecule has 7 heteroatoms. The Morgan fingerprint density at radius 2 is 2.17 bits per heavy atom. The van der Waals surface area contributed by atoms with E-state index < -0.39 is 15.8 Å². The standard InChI is InChI=1S/C11H14BrFN2O2S/c1-2-15(9-6-14-7-9)18(16,17)11-4-3-8(13)5-10(11)12/h3-5,9,14H,2,6-7H2,1H3. The van der Waals surface area contributed by atoms with Crippen molar-refractivity contribution in [3.63, 3.8) is 0 Å². The van der Waals surface area contributed by atoms with E-state index in [0.717, 1.165) is 6.07 Å². The van der Waals surface area contributed by atoms with Gasteiger partial charge in [-0.3, -0.25) is 0 Å².